The standard InChI is InChI=1S/C24H41N3O4/c1-25-21-22(24(31)23(21)30)26-15-14-18-27(16-10-6-2-4-8-12-19-28)17-11-7-3-5-9-13-20-29/h19-20,25-26H,2-18H2,1H3. The van der Waals surface area contributed by atoms with E-state index in [1.165, 1.54) is 25.7 Å². The van der Waals surface area contributed by atoms with E-state index in [2.05, 4.69) is 15.5 Å². The topological polar surface area (TPSA) is 95.6 Å². The van der Waals surface area contributed by atoms with Gasteiger partial charge in [-0.15, -0.1) is 0 Å². The average molecular weight is 436 g/mol. The summed E-state index contributed by atoms with van der Waals surface area (Å²) in [5.74, 6) is 0. The second-order valence-electron chi connectivity index (χ2n) is 8.23. The molecule has 0 amide bonds. The highest BCUT2D eigenvalue weighted by Crippen LogP contribution is 2.13. The number of rotatable bonds is 22. The Hall–Kier alpha value is -2.02. The normalized spacial score (nSPS) is 11.2. The molecule has 31 heavy (non-hydrogen) atoms. The molecule has 1 aromatic rings. The van der Waals surface area contributed by atoms with Crippen molar-refractivity contribution in [1.82, 2.24) is 4.90 Å². The highest BCUT2D eigenvalue weighted by Gasteiger charge is 2.18. The van der Waals surface area contributed by atoms with Crippen LogP contribution in [-0.2, 0) is 9.59 Å². The van der Waals surface area contributed by atoms with Gasteiger partial charge in [0.05, 0.1) is 0 Å². The minimum Gasteiger partial charge on any atom is -0.383 e. The fraction of sp³-hybridized carbons (Fsp3) is 0.750. The van der Waals surface area contributed by atoms with E-state index in [1.54, 1.807) is 7.05 Å². The van der Waals surface area contributed by atoms with Crippen LogP contribution in [0, 0.1) is 0 Å². The summed E-state index contributed by atoms with van der Waals surface area (Å²) in [6, 6.07) is 0. The molecule has 0 aliphatic carbocycles. The van der Waals surface area contributed by atoms with Crippen LogP contribution in [0.5, 0.6) is 0 Å². The van der Waals surface area contributed by atoms with Gasteiger partial charge in [-0.2, -0.15) is 0 Å². The zero-order valence-electron chi connectivity index (χ0n) is 19.3. The Morgan fingerprint density at radius 1 is 0.645 bits per heavy atom. The first-order valence-electron chi connectivity index (χ1n) is 12.0. The summed E-state index contributed by atoms with van der Waals surface area (Å²) in [7, 11) is 1.65. The summed E-state index contributed by atoms with van der Waals surface area (Å²) < 4.78 is 0. The van der Waals surface area contributed by atoms with Crippen LogP contribution in [0.15, 0.2) is 9.59 Å². The molecule has 1 rings (SSSR count). The summed E-state index contributed by atoms with van der Waals surface area (Å²) in [4.78, 5) is 46.3. The smallest absolute Gasteiger partial charge is 0.253 e. The van der Waals surface area contributed by atoms with Crippen LogP contribution in [0.3, 0.4) is 0 Å². The van der Waals surface area contributed by atoms with Crippen molar-refractivity contribution in [3.05, 3.63) is 20.4 Å². The van der Waals surface area contributed by atoms with Crippen molar-refractivity contribution in [2.24, 2.45) is 0 Å². The third-order valence-corrected chi connectivity index (χ3v) is 5.71. The lowest BCUT2D eigenvalue weighted by Gasteiger charge is -2.23. The van der Waals surface area contributed by atoms with Crippen molar-refractivity contribution < 1.29 is 9.59 Å². The molecule has 0 saturated carbocycles. The molecule has 0 aliphatic heterocycles. The van der Waals surface area contributed by atoms with Gasteiger partial charge in [0.1, 0.15) is 23.9 Å². The first kappa shape index (κ1) is 27.0. The highest BCUT2D eigenvalue weighted by atomic mass is 16.2. The maximum absolute atomic E-state index is 11.6. The second kappa shape index (κ2) is 17.6. The molecule has 0 heterocycles. The molecule has 0 unspecified atom stereocenters. The van der Waals surface area contributed by atoms with Gasteiger partial charge in [-0.25, -0.2) is 0 Å². The van der Waals surface area contributed by atoms with E-state index in [0.717, 1.165) is 77.2 Å². The first-order chi connectivity index (χ1) is 15.2. The Labute approximate surface area is 186 Å². The maximum atomic E-state index is 11.6. The lowest BCUT2D eigenvalue weighted by Crippen LogP contribution is -2.37. The highest BCUT2D eigenvalue weighted by molar-refractivity contribution is 5.73. The number of unbranched alkanes of at least 4 members (excludes halogenated alkanes) is 10. The van der Waals surface area contributed by atoms with Gasteiger partial charge in [-0.1, -0.05) is 38.5 Å². The Balaban J connectivity index is 2.28. The Morgan fingerprint density at radius 2 is 1.10 bits per heavy atom. The van der Waals surface area contributed by atoms with Gasteiger partial charge in [-0.05, 0) is 51.7 Å². The zero-order valence-corrected chi connectivity index (χ0v) is 19.3. The Morgan fingerprint density at radius 3 is 1.61 bits per heavy atom. The summed E-state index contributed by atoms with van der Waals surface area (Å²) in [6.07, 6.45) is 15.6. The van der Waals surface area contributed by atoms with E-state index in [-0.39, 0.29) is 0 Å². The fourth-order valence-electron chi connectivity index (χ4n) is 3.84. The number of anilines is 2. The zero-order chi connectivity index (χ0) is 22.7. The van der Waals surface area contributed by atoms with Gasteiger partial charge >= 0.3 is 0 Å². The monoisotopic (exact) mass is 435 g/mol. The summed E-state index contributed by atoms with van der Waals surface area (Å²) in [5, 5.41) is 5.89. The summed E-state index contributed by atoms with van der Waals surface area (Å²) >= 11 is 0. The molecule has 0 fully saturated rings. The molecule has 2 N–H and O–H groups in total. The van der Waals surface area contributed by atoms with Crippen LogP contribution in [0.4, 0.5) is 11.4 Å². The molecule has 0 bridgehead atoms. The second-order valence-corrected chi connectivity index (χ2v) is 8.23. The van der Waals surface area contributed by atoms with Crippen molar-refractivity contribution in [2.45, 2.75) is 83.5 Å². The van der Waals surface area contributed by atoms with E-state index in [1.807, 2.05) is 0 Å². The van der Waals surface area contributed by atoms with Gasteiger partial charge in [0.25, 0.3) is 10.9 Å². The number of carbonyl (C=O) groups is 2. The van der Waals surface area contributed by atoms with Crippen LogP contribution in [0.2, 0.25) is 0 Å². The molecule has 0 atom stereocenters. The number of hydrogen-bond acceptors (Lipinski definition) is 7. The molecule has 176 valence electrons. The summed E-state index contributed by atoms with van der Waals surface area (Å²) in [6.45, 7) is 3.78. The molecule has 1 aromatic carbocycles. The van der Waals surface area contributed by atoms with Gasteiger partial charge in [0.15, 0.2) is 0 Å². The van der Waals surface area contributed by atoms with Crippen molar-refractivity contribution in [3.8, 4) is 0 Å². The minimum atomic E-state index is -0.437. The van der Waals surface area contributed by atoms with Gasteiger partial charge < -0.3 is 25.1 Å². The number of nitrogens with zero attached hydrogens (tertiary/aromatic N) is 1. The SMILES string of the molecule is CNc1c(NCCCN(CCCCCCCC=O)CCCCCCCC=O)c(=O)c1=O. The number of nitrogens with one attached hydrogen (secondary N) is 2. The summed E-state index contributed by atoms with van der Waals surface area (Å²) in [5.41, 5.74) is -0.0472. The number of hydrogen-bond donors (Lipinski definition) is 2. The van der Waals surface area contributed by atoms with Crippen LogP contribution in [0.1, 0.15) is 83.5 Å². The van der Waals surface area contributed by atoms with Crippen molar-refractivity contribution in [1.29, 1.82) is 0 Å². The fourth-order valence-corrected chi connectivity index (χ4v) is 3.84. The van der Waals surface area contributed by atoms with E-state index in [0.29, 0.717) is 30.8 Å². The molecule has 7 heteroatoms. The van der Waals surface area contributed by atoms with Crippen LogP contribution < -0.4 is 21.5 Å². The molecule has 7 nitrogen and oxygen atoms in total. The Kier molecular flexibility index (Phi) is 15.4. The van der Waals surface area contributed by atoms with Crippen molar-refractivity contribution in [2.75, 3.05) is 43.9 Å². The number of aldehydes is 2. The van der Waals surface area contributed by atoms with Crippen molar-refractivity contribution >= 4 is 23.9 Å². The lowest BCUT2D eigenvalue weighted by atomic mass is 10.1. The first-order valence-corrected chi connectivity index (χ1v) is 12.0. The van der Waals surface area contributed by atoms with Crippen molar-refractivity contribution in [3.63, 3.8) is 0 Å². The average Bonchev–Trinajstić information content (AvgIpc) is 2.78. The maximum Gasteiger partial charge on any atom is 0.253 e. The van der Waals surface area contributed by atoms with E-state index >= 15 is 0 Å². The number of carbonyl (C=O) groups excluding carboxylic acids is 2. The van der Waals surface area contributed by atoms with Gasteiger partial charge in [0, 0.05) is 26.4 Å². The van der Waals surface area contributed by atoms with Crippen LogP contribution in [0.25, 0.3) is 0 Å². The largest absolute Gasteiger partial charge is 0.383 e. The molecular weight excluding hydrogens is 394 g/mol. The molecular formula is C24H41N3O4. The van der Waals surface area contributed by atoms with Crippen LogP contribution in [-0.4, -0.2) is 50.7 Å². The third-order valence-electron chi connectivity index (χ3n) is 5.71. The quantitative estimate of drug-likeness (QED) is 0.163. The lowest BCUT2D eigenvalue weighted by molar-refractivity contribution is -0.108. The van der Waals surface area contributed by atoms with E-state index in [4.69, 9.17) is 0 Å². The van der Waals surface area contributed by atoms with E-state index < -0.39 is 10.9 Å². The predicted octanol–water partition coefficient (Wildman–Crippen LogP) is 3.51. The molecule has 0 aromatic heterocycles. The van der Waals surface area contributed by atoms with Gasteiger partial charge in [0.2, 0.25) is 0 Å². The van der Waals surface area contributed by atoms with E-state index in [9.17, 15) is 19.2 Å². The molecule has 0 spiro atoms. The predicted molar refractivity (Wildman–Crippen MR) is 128 cm³/mol. The van der Waals surface area contributed by atoms with Gasteiger partial charge in [-0.3, -0.25) is 9.59 Å². The van der Waals surface area contributed by atoms with Crippen LogP contribution >= 0.6 is 0 Å². The minimum absolute atomic E-state index is 0.394. The molecule has 0 saturated heterocycles. The molecule has 0 radical (unpaired) electrons. The Bertz CT molecular complexity index is 661. The molecule has 0 aliphatic rings. The third kappa shape index (κ3) is 11.2.